The summed E-state index contributed by atoms with van der Waals surface area (Å²) in [6, 6.07) is 4.21. The van der Waals surface area contributed by atoms with E-state index in [1.165, 1.54) is 5.56 Å². The van der Waals surface area contributed by atoms with E-state index < -0.39 is 5.60 Å². The molecule has 124 valence electrons. The number of hydrogen-bond acceptors (Lipinski definition) is 3. The first-order valence-corrected chi connectivity index (χ1v) is 8.31. The van der Waals surface area contributed by atoms with Crippen molar-refractivity contribution < 1.29 is 9.53 Å². The maximum absolute atomic E-state index is 12.1. The molecule has 1 aliphatic heterocycles. The SMILES string of the molecule is CC(C)(C)OC(=O)N1CCC(c2ccn3cnc(Cl)c3c2)CC1. The standard InChI is InChI=1S/C17H22ClN3O2/c1-17(2,3)23-16(22)20-7-4-12(5-8-20)13-6-9-21-11-19-15(18)14(21)10-13/h6,9-12H,4-5,7-8H2,1-3H3. The van der Waals surface area contributed by atoms with Crippen molar-refractivity contribution in [3.63, 3.8) is 0 Å². The molecule has 0 atom stereocenters. The van der Waals surface area contributed by atoms with E-state index in [1.54, 1.807) is 11.2 Å². The van der Waals surface area contributed by atoms with Gasteiger partial charge in [0.05, 0.1) is 5.52 Å². The van der Waals surface area contributed by atoms with E-state index in [0.717, 1.165) is 31.4 Å². The Balaban J connectivity index is 1.66. The van der Waals surface area contributed by atoms with Gasteiger partial charge in [0.15, 0.2) is 5.15 Å². The Labute approximate surface area is 141 Å². The van der Waals surface area contributed by atoms with Crippen molar-refractivity contribution in [2.75, 3.05) is 13.1 Å². The minimum atomic E-state index is -0.447. The summed E-state index contributed by atoms with van der Waals surface area (Å²) in [6.07, 6.45) is 5.35. The number of halogens is 1. The first-order chi connectivity index (χ1) is 10.8. The molecule has 1 fully saturated rings. The highest BCUT2D eigenvalue weighted by Gasteiger charge is 2.27. The maximum Gasteiger partial charge on any atom is 0.410 e. The smallest absolute Gasteiger partial charge is 0.410 e. The number of imidazole rings is 1. The summed E-state index contributed by atoms with van der Waals surface area (Å²) < 4.78 is 7.36. The molecule has 2 aromatic heterocycles. The minimum Gasteiger partial charge on any atom is -0.444 e. The van der Waals surface area contributed by atoms with E-state index in [2.05, 4.69) is 17.1 Å². The predicted octanol–water partition coefficient (Wildman–Crippen LogP) is 4.10. The monoisotopic (exact) mass is 335 g/mol. The molecule has 6 heteroatoms. The molecule has 3 heterocycles. The Bertz CT molecular complexity index is 712. The number of carbonyl (C=O) groups excluding carboxylic acids is 1. The normalized spacial score (nSPS) is 16.8. The summed E-state index contributed by atoms with van der Waals surface area (Å²) in [7, 11) is 0. The van der Waals surface area contributed by atoms with Gasteiger partial charge in [0.2, 0.25) is 0 Å². The summed E-state index contributed by atoms with van der Waals surface area (Å²) in [5, 5.41) is 0.526. The summed E-state index contributed by atoms with van der Waals surface area (Å²) in [4.78, 5) is 18.0. The fourth-order valence-corrected chi connectivity index (χ4v) is 3.14. The highest BCUT2D eigenvalue weighted by atomic mass is 35.5. The number of nitrogens with zero attached hydrogens (tertiary/aromatic N) is 3. The van der Waals surface area contributed by atoms with Crippen LogP contribution in [0.15, 0.2) is 24.7 Å². The van der Waals surface area contributed by atoms with Gasteiger partial charge in [-0.25, -0.2) is 9.78 Å². The Hall–Kier alpha value is -1.75. The van der Waals surface area contributed by atoms with Crippen LogP contribution in [0.5, 0.6) is 0 Å². The molecule has 0 N–H and O–H groups in total. The molecule has 0 saturated carbocycles. The lowest BCUT2D eigenvalue weighted by Crippen LogP contribution is -2.41. The van der Waals surface area contributed by atoms with Gasteiger partial charge in [-0.2, -0.15) is 0 Å². The van der Waals surface area contributed by atoms with Crippen LogP contribution in [0.2, 0.25) is 5.15 Å². The van der Waals surface area contributed by atoms with E-state index in [9.17, 15) is 4.79 Å². The average Bonchev–Trinajstić information content (AvgIpc) is 2.87. The van der Waals surface area contributed by atoms with Gasteiger partial charge < -0.3 is 14.0 Å². The quantitative estimate of drug-likeness (QED) is 0.788. The first-order valence-electron chi connectivity index (χ1n) is 7.93. The number of piperidine rings is 1. The van der Waals surface area contributed by atoms with Crippen LogP contribution < -0.4 is 0 Å². The Kier molecular flexibility index (Phi) is 4.23. The molecular weight excluding hydrogens is 314 g/mol. The molecule has 23 heavy (non-hydrogen) atoms. The molecule has 1 saturated heterocycles. The third-order valence-electron chi connectivity index (χ3n) is 4.13. The highest BCUT2D eigenvalue weighted by Crippen LogP contribution is 2.30. The van der Waals surface area contributed by atoms with Crippen molar-refractivity contribution in [3.8, 4) is 0 Å². The van der Waals surface area contributed by atoms with E-state index in [0.29, 0.717) is 11.1 Å². The molecule has 0 aromatic carbocycles. The van der Waals surface area contributed by atoms with Gasteiger partial charge in [0.1, 0.15) is 11.9 Å². The lowest BCUT2D eigenvalue weighted by Gasteiger charge is -2.33. The van der Waals surface area contributed by atoms with Crippen LogP contribution in [-0.4, -0.2) is 39.1 Å². The number of rotatable bonds is 1. The molecule has 0 aliphatic carbocycles. The van der Waals surface area contributed by atoms with Crippen LogP contribution in [0.4, 0.5) is 4.79 Å². The van der Waals surface area contributed by atoms with E-state index in [4.69, 9.17) is 16.3 Å². The van der Waals surface area contributed by atoms with Crippen molar-refractivity contribution in [1.29, 1.82) is 0 Å². The van der Waals surface area contributed by atoms with Crippen LogP contribution in [0.3, 0.4) is 0 Å². The maximum atomic E-state index is 12.1. The zero-order valence-electron chi connectivity index (χ0n) is 13.8. The van der Waals surface area contributed by atoms with E-state index >= 15 is 0 Å². The van der Waals surface area contributed by atoms with Crippen molar-refractivity contribution in [1.82, 2.24) is 14.3 Å². The lowest BCUT2D eigenvalue weighted by atomic mass is 9.90. The van der Waals surface area contributed by atoms with Gasteiger partial charge in [0, 0.05) is 19.3 Å². The van der Waals surface area contributed by atoms with Crippen molar-refractivity contribution in [2.45, 2.75) is 45.1 Å². The number of carbonyl (C=O) groups is 1. The molecule has 5 nitrogen and oxygen atoms in total. The summed E-state index contributed by atoms with van der Waals surface area (Å²) in [6.45, 7) is 7.11. The number of likely N-dealkylation sites (tertiary alicyclic amines) is 1. The fraction of sp³-hybridized carbons (Fsp3) is 0.529. The fourth-order valence-electron chi connectivity index (χ4n) is 2.95. The zero-order chi connectivity index (χ0) is 16.6. The van der Waals surface area contributed by atoms with Crippen LogP contribution in [0, 0.1) is 0 Å². The molecule has 0 spiro atoms. The Morgan fingerprint density at radius 2 is 2.04 bits per heavy atom. The molecule has 3 rings (SSSR count). The number of ether oxygens (including phenoxy) is 1. The van der Waals surface area contributed by atoms with Crippen molar-refractivity contribution in [3.05, 3.63) is 35.4 Å². The van der Waals surface area contributed by atoms with Crippen LogP contribution in [0.25, 0.3) is 5.52 Å². The van der Waals surface area contributed by atoms with Crippen LogP contribution in [-0.2, 0) is 4.74 Å². The lowest BCUT2D eigenvalue weighted by molar-refractivity contribution is 0.0205. The second-order valence-electron chi connectivity index (χ2n) is 7.03. The molecule has 1 amide bonds. The minimum absolute atomic E-state index is 0.217. The Morgan fingerprint density at radius 3 is 2.70 bits per heavy atom. The Morgan fingerprint density at radius 1 is 1.35 bits per heavy atom. The van der Waals surface area contributed by atoms with E-state index in [1.807, 2.05) is 31.4 Å². The first kappa shape index (κ1) is 16.1. The third-order valence-corrected chi connectivity index (χ3v) is 4.43. The summed E-state index contributed by atoms with van der Waals surface area (Å²) in [5.74, 6) is 0.435. The van der Waals surface area contributed by atoms with Gasteiger partial charge in [-0.3, -0.25) is 0 Å². The second-order valence-corrected chi connectivity index (χ2v) is 7.39. The van der Waals surface area contributed by atoms with Crippen LogP contribution in [0.1, 0.15) is 45.1 Å². The molecule has 1 aliphatic rings. The average molecular weight is 336 g/mol. The van der Waals surface area contributed by atoms with Gasteiger partial charge in [-0.15, -0.1) is 0 Å². The molecule has 0 unspecified atom stereocenters. The number of fused-ring (bicyclic) bond motifs is 1. The zero-order valence-corrected chi connectivity index (χ0v) is 14.5. The molecular formula is C17H22ClN3O2. The number of pyridine rings is 1. The molecule has 2 aromatic rings. The summed E-state index contributed by atoms with van der Waals surface area (Å²) >= 11 is 6.11. The topological polar surface area (TPSA) is 46.8 Å². The van der Waals surface area contributed by atoms with Gasteiger partial charge in [0.25, 0.3) is 0 Å². The number of hydrogen-bond donors (Lipinski definition) is 0. The summed E-state index contributed by atoms with van der Waals surface area (Å²) in [5.41, 5.74) is 1.74. The molecule has 0 bridgehead atoms. The third kappa shape index (κ3) is 3.61. The van der Waals surface area contributed by atoms with Crippen LogP contribution >= 0.6 is 11.6 Å². The van der Waals surface area contributed by atoms with Gasteiger partial charge >= 0.3 is 6.09 Å². The largest absolute Gasteiger partial charge is 0.444 e. The van der Waals surface area contributed by atoms with Crippen molar-refractivity contribution >= 4 is 23.2 Å². The van der Waals surface area contributed by atoms with E-state index in [-0.39, 0.29) is 6.09 Å². The van der Waals surface area contributed by atoms with Gasteiger partial charge in [-0.1, -0.05) is 11.6 Å². The predicted molar refractivity (Wildman–Crippen MR) is 90.0 cm³/mol. The van der Waals surface area contributed by atoms with Crippen molar-refractivity contribution in [2.24, 2.45) is 0 Å². The molecule has 0 radical (unpaired) electrons. The second kappa shape index (κ2) is 6.04. The number of amides is 1. The highest BCUT2D eigenvalue weighted by molar-refractivity contribution is 6.32. The number of aromatic nitrogens is 2. The van der Waals surface area contributed by atoms with Gasteiger partial charge in [-0.05, 0) is 57.2 Å².